The zero-order chi connectivity index (χ0) is 15.1. The van der Waals surface area contributed by atoms with Crippen LogP contribution in [0, 0.1) is 0 Å². The highest BCUT2D eigenvalue weighted by Crippen LogP contribution is 2.23. The summed E-state index contributed by atoms with van der Waals surface area (Å²) in [7, 11) is 0. The van der Waals surface area contributed by atoms with Crippen molar-refractivity contribution in [1.82, 2.24) is 5.43 Å². The van der Waals surface area contributed by atoms with Crippen molar-refractivity contribution in [3.05, 3.63) is 64.7 Å². The number of nitrogens with one attached hydrogen (secondary N) is 1. The van der Waals surface area contributed by atoms with Gasteiger partial charge in [0.25, 0.3) is 5.91 Å². The van der Waals surface area contributed by atoms with Gasteiger partial charge in [-0.05, 0) is 36.6 Å². The largest absolute Gasteiger partial charge is 0.493 e. The molecule has 1 amide bonds. The highest BCUT2D eigenvalue weighted by Gasteiger charge is 2.12. The first-order chi connectivity index (χ1) is 10.2. The molecular weight excluding hydrogens is 288 g/mol. The molecule has 0 aromatic heterocycles. The fourth-order valence-corrected chi connectivity index (χ4v) is 2.16. The first kappa shape index (κ1) is 15.4. The minimum atomic E-state index is -0.421. The SMILES string of the molecule is NNC(=O)c1cc(Cl)ccc1OCCCc1ccccc1. The maximum atomic E-state index is 11.7. The second-order valence-electron chi connectivity index (χ2n) is 4.55. The van der Waals surface area contributed by atoms with E-state index in [9.17, 15) is 4.79 Å². The van der Waals surface area contributed by atoms with Gasteiger partial charge >= 0.3 is 0 Å². The van der Waals surface area contributed by atoms with Crippen molar-refractivity contribution in [2.75, 3.05) is 6.61 Å². The Labute approximate surface area is 128 Å². The van der Waals surface area contributed by atoms with Crippen molar-refractivity contribution < 1.29 is 9.53 Å². The van der Waals surface area contributed by atoms with Crippen LogP contribution in [-0.4, -0.2) is 12.5 Å². The van der Waals surface area contributed by atoms with E-state index in [2.05, 4.69) is 17.6 Å². The van der Waals surface area contributed by atoms with Crippen LogP contribution in [0.4, 0.5) is 0 Å². The van der Waals surface area contributed by atoms with Gasteiger partial charge in [0.2, 0.25) is 0 Å². The lowest BCUT2D eigenvalue weighted by Crippen LogP contribution is -2.30. The fourth-order valence-electron chi connectivity index (χ4n) is 1.99. The van der Waals surface area contributed by atoms with Crippen LogP contribution in [0.1, 0.15) is 22.3 Å². The van der Waals surface area contributed by atoms with Crippen molar-refractivity contribution in [2.24, 2.45) is 5.84 Å². The Bertz CT molecular complexity index is 602. The van der Waals surface area contributed by atoms with Crippen molar-refractivity contribution in [1.29, 1.82) is 0 Å². The fraction of sp³-hybridized carbons (Fsp3) is 0.188. The summed E-state index contributed by atoms with van der Waals surface area (Å²) >= 11 is 5.88. The van der Waals surface area contributed by atoms with Gasteiger partial charge in [-0.2, -0.15) is 0 Å². The summed E-state index contributed by atoms with van der Waals surface area (Å²) in [6.07, 6.45) is 1.78. The summed E-state index contributed by atoms with van der Waals surface area (Å²) in [5, 5.41) is 0.463. The summed E-state index contributed by atoms with van der Waals surface area (Å²) in [6, 6.07) is 15.1. The maximum absolute atomic E-state index is 11.7. The van der Waals surface area contributed by atoms with E-state index < -0.39 is 5.91 Å². The van der Waals surface area contributed by atoms with Crippen molar-refractivity contribution in [3.63, 3.8) is 0 Å². The average molecular weight is 305 g/mol. The zero-order valence-corrected chi connectivity index (χ0v) is 12.3. The van der Waals surface area contributed by atoms with E-state index in [4.69, 9.17) is 22.2 Å². The normalized spacial score (nSPS) is 10.2. The van der Waals surface area contributed by atoms with E-state index in [1.54, 1.807) is 12.1 Å². The van der Waals surface area contributed by atoms with E-state index in [0.717, 1.165) is 12.8 Å². The van der Waals surface area contributed by atoms with E-state index in [0.29, 0.717) is 22.9 Å². The molecule has 0 aliphatic carbocycles. The predicted octanol–water partition coefficient (Wildman–Crippen LogP) is 2.96. The predicted molar refractivity (Wildman–Crippen MR) is 83.4 cm³/mol. The van der Waals surface area contributed by atoms with E-state index in [1.165, 1.54) is 11.6 Å². The Hall–Kier alpha value is -2.04. The number of aryl methyl sites for hydroxylation is 1. The number of hydrazine groups is 1. The molecule has 0 heterocycles. The van der Waals surface area contributed by atoms with Crippen molar-refractivity contribution in [2.45, 2.75) is 12.8 Å². The van der Waals surface area contributed by atoms with Gasteiger partial charge in [0, 0.05) is 5.02 Å². The number of carbonyl (C=O) groups is 1. The first-order valence-electron chi connectivity index (χ1n) is 6.68. The molecule has 2 rings (SSSR count). The van der Waals surface area contributed by atoms with Crippen LogP contribution in [0.2, 0.25) is 5.02 Å². The first-order valence-corrected chi connectivity index (χ1v) is 7.05. The second-order valence-corrected chi connectivity index (χ2v) is 4.99. The van der Waals surface area contributed by atoms with Crippen LogP contribution in [0.3, 0.4) is 0 Å². The molecule has 0 bridgehead atoms. The Morgan fingerprint density at radius 3 is 2.67 bits per heavy atom. The summed E-state index contributed by atoms with van der Waals surface area (Å²) in [4.78, 5) is 11.7. The average Bonchev–Trinajstić information content (AvgIpc) is 2.53. The Morgan fingerprint density at radius 1 is 1.19 bits per heavy atom. The van der Waals surface area contributed by atoms with Crippen LogP contribution in [0.15, 0.2) is 48.5 Å². The van der Waals surface area contributed by atoms with Crippen LogP contribution in [-0.2, 0) is 6.42 Å². The third kappa shape index (κ3) is 4.48. The summed E-state index contributed by atoms with van der Waals surface area (Å²) in [6.45, 7) is 0.515. The summed E-state index contributed by atoms with van der Waals surface area (Å²) in [5.74, 6) is 5.22. The zero-order valence-electron chi connectivity index (χ0n) is 11.5. The van der Waals surface area contributed by atoms with Crippen LogP contribution >= 0.6 is 11.6 Å². The van der Waals surface area contributed by atoms with Crippen molar-refractivity contribution in [3.8, 4) is 5.75 Å². The van der Waals surface area contributed by atoms with Gasteiger partial charge in [-0.1, -0.05) is 41.9 Å². The number of benzene rings is 2. The van der Waals surface area contributed by atoms with Crippen LogP contribution in [0.25, 0.3) is 0 Å². The van der Waals surface area contributed by atoms with E-state index in [-0.39, 0.29) is 0 Å². The van der Waals surface area contributed by atoms with E-state index >= 15 is 0 Å². The van der Waals surface area contributed by atoms with Crippen LogP contribution in [0.5, 0.6) is 5.75 Å². The smallest absolute Gasteiger partial charge is 0.268 e. The molecule has 110 valence electrons. The number of hydrogen-bond donors (Lipinski definition) is 2. The molecular formula is C16H17ClN2O2. The van der Waals surface area contributed by atoms with Gasteiger partial charge in [-0.3, -0.25) is 10.2 Å². The topological polar surface area (TPSA) is 64.3 Å². The standard InChI is InChI=1S/C16H17ClN2O2/c17-13-8-9-15(14(11-13)16(20)19-18)21-10-4-7-12-5-2-1-3-6-12/h1-3,5-6,8-9,11H,4,7,10,18H2,(H,19,20). The van der Waals surface area contributed by atoms with Crippen molar-refractivity contribution >= 4 is 17.5 Å². The quantitative estimate of drug-likeness (QED) is 0.373. The van der Waals surface area contributed by atoms with E-state index in [1.807, 2.05) is 18.2 Å². The minimum Gasteiger partial charge on any atom is -0.493 e. The molecule has 0 aliphatic rings. The summed E-state index contributed by atoms with van der Waals surface area (Å²) < 4.78 is 5.66. The summed E-state index contributed by atoms with van der Waals surface area (Å²) in [5.41, 5.74) is 3.69. The van der Waals surface area contributed by atoms with Gasteiger partial charge < -0.3 is 4.74 Å². The molecule has 5 heteroatoms. The van der Waals surface area contributed by atoms with Gasteiger partial charge in [0.1, 0.15) is 5.75 Å². The second kappa shape index (κ2) is 7.67. The molecule has 0 radical (unpaired) electrons. The number of hydrogen-bond acceptors (Lipinski definition) is 3. The van der Waals surface area contributed by atoms with Gasteiger partial charge in [0.15, 0.2) is 0 Å². The third-order valence-corrected chi connectivity index (χ3v) is 3.26. The number of halogens is 1. The number of nitrogen functional groups attached to an aromatic ring is 1. The molecule has 0 fully saturated rings. The molecule has 0 saturated heterocycles. The highest BCUT2D eigenvalue weighted by molar-refractivity contribution is 6.31. The number of rotatable bonds is 6. The molecule has 3 N–H and O–H groups in total. The van der Waals surface area contributed by atoms with Gasteiger partial charge in [-0.25, -0.2) is 5.84 Å². The van der Waals surface area contributed by atoms with Gasteiger partial charge in [-0.15, -0.1) is 0 Å². The number of amides is 1. The molecule has 2 aromatic carbocycles. The number of ether oxygens (including phenoxy) is 1. The number of nitrogens with two attached hydrogens (primary N) is 1. The molecule has 4 nitrogen and oxygen atoms in total. The lowest BCUT2D eigenvalue weighted by molar-refractivity contribution is 0.0949. The maximum Gasteiger partial charge on any atom is 0.268 e. The molecule has 0 unspecified atom stereocenters. The minimum absolute atomic E-state index is 0.338. The number of carbonyl (C=O) groups excluding carboxylic acids is 1. The lowest BCUT2D eigenvalue weighted by Gasteiger charge is -2.11. The Kier molecular flexibility index (Phi) is 5.60. The molecule has 21 heavy (non-hydrogen) atoms. The van der Waals surface area contributed by atoms with Crippen LogP contribution < -0.4 is 16.0 Å². The molecule has 0 atom stereocenters. The molecule has 0 spiro atoms. The highest BCUT2D eigenvalue weighted by atomic mass is 35.5. The lowest BCUT2D eigenvalue weighted by atomic mass is 10.1. The Balaban J connectivity index is 1.92. The third-order valence-electron chi connectivity index (χ3n) is 3.03. The molecule has 2 aromatic rings. The molecule has 0 aliphatic heterocycles. The monoisotopic (exact) mass is 304 g/mol. The van der Waals surface area contributed by atoms with Gasteiger partial charge in [0.05, 0.1) is 12.2 Å². The molecule has 0 saturated carbocycles. The Morgan fingerprint density at radius 2 is 1.95 bits per heavy atom.